The Morgan fingerprint density at radius 1 is 0.955 bits per heavy atom. The number of aryl methyl sites for hydroxylation is 1. The molecule has 2 aromatic carbocycles. The van der Waals surface area contributed by atoms with Gasteiger partial charge in [-0.1, -0.05) is 30.3 Å². The van der Waals surface area contributed by atoms with Crippen molar-refractivity contribution in [3.8, 4) is 0 Å². The first-order valence-electron chi connectivity index (χ1n) is 6.89. The van der Waals surface area contributed by atoms with Crippen LogP contribution in [-0.2, 0) is 11.8 Å². The molecule has 3 aromatic rings. The lowest BCUT2D eigenvalue weighted by Crippen LogP contribution is -2.04. The smallest absolute Gasteiger partial charge is 0.337 e. The Morgan fingerprint density at radius 2 is 1.59 bits per heavy atom. The monoisotopic (exact) mass is 293 g/mol. The molecule has 22 heavy (non-hydrogen) atoms. The van der Waals surface area contributed by atoms with E-state index in [0.717, 1.165) is 10.9 Å². The van der Waals surface area contributed by atoms with E-state index in [9.17, 15) is 9.59 Å². The molecular weight excluding hydrogens is 278 g/mol. The summed E-state index contributed by atoms with van der Waals surface area (Å²) in [4.78, 5) is 24.1. The van der Waals surface area contributed by atoms with E-state index in [1.807, 2.05) is 42.1 Å². The highest BCUT2D eigenvalue weighted by molar-refractivity contribution is 6.16. The summed E-state index contributed by atoms with van der Waals surface area (Å²) in [6, 6.07) is 14.3. The average molecular weight is 293 g/mol. The zero-order valence-corrected chi connectivity index (χ0v) is 12.4. The molecular formula is C18H15NO3. The molecule has 0 N–H and O–H groups in total. The minimum atomic E-state index is -0.413. The van der Waals surface area contributed by atoms with Gasteiger partial charge in [0.25, 0.3) is 0 Å². The van der Waals surface area contributed by atoms with Gasteiger partial charge in [-0.3, -0.25) is 4.79 Å². The molecule has 0 aliphatic heterocycles. The molecule has 0 aliphatic carbocycles. The number of para-hydroxylation sites is 1. The summed E-state index contributed by atoms with van der Waals surface area (Å²) < 4.78 is 6.59. The highest BCUT2D eigenvalue weighted by Crippen LogP contribution is 2.23. The number of methoxy groups -OCH3 is 1. The number of ketones is 1. The van der Waals surface area contributed by atoms with Crippen molar-refractivity contribution in [2.75, 3.05) is 7.11 Å². The Hall–Kier alpha value is -2.88. The molecule has 0 unspecified atom stereocenters. The van der Waals surface area contributed by atoms with E-state index in [1.165, 1.54) is 7.11 Å². The lowest BCUT2D eigenvalue weighted by Gasteiger charge is -2.02. The van der Waals surface area contributed by atoms with Crippen molar-refractivity contribution in [3.05, 3.63) is 71.4 Å². The van der Waals surface area contributed by atoms with E-state index in [1.54, 1.807) is 24.3 Å². The third-order valence-electron chi connectivity index (χ3n) is 3.71. The SMILES string of the molecule is COC(=O)c1ccc(C(=O)c2cn(C)c3ccccc23)cc1. The zero-order valence-electron chi connectivity index (χ0n) is 12.4. The van der Waals surface area contributed by atoms with Crippen molar-refractivity contribution >= 4 is 22.7 Å². The quantitative estimate of drug-likeness (QED) is 0.550. The summed E-state index contributed by atoms with van der Waals surface area (Å²) >= 11 is 0. The highest BCUT2D eigenvalue weighted by Gasteiger charge is 2.16. The Morgan fingerprint density at radius 3 is 2.27 bits per heavy atom. The second-order valence-electron chi connectivity index (χ2n) is 5.07. The number of fused-ring (bicyclic) bond motifs is 1. The molecule has 0 fully saturated rings. The number of esters is 1. The normalized spacial score (nSPS) is 10.6. The topological polar surface area (TPSA) is 48.3 Å². The van der Waals surface area contributed by atoms with Crippen molar-refractivity contribution in [1.82, 2.24) is 4.57 Å². The molecule has 0 radical (unpaired) electrons. The molecule has 0 saturated carbocycles. The van der Waals surface area contributed by atoms with Crippen LogP contribution in [0.5, 0.6) is 0 Å². The molecule has 0 spiro atoms. The molecule has 1 aromatic heterocycles. The largest absolute Gasteiger partial charge is 0.465 e. The number of carbonyl (C=O) groups is 2. The van der Waals surface area contributed by atoms with Gasteiger partial charge in [0.15, 0.2) is 5.78 Å². The van der Waals surface area contributed by atoms with E-state index < -0.39 is 5.97 Å². The lowest BCUT2D eigenvalue weighted by atomic mass is 10.0. The van der Waals surface area contributed by atoms with Crippen molar-refractivity contribution in [3.63, 3.8) is 0 Å². The predicted octanol–water partition coefficient (Wildman–Crippen LogP) is 3.20. The van der Waals surface area contributed by atoms with Crippen LogP contribution in [0.1, 0.15) is 26.3 Å². The highest BCUT2D eigenvalue weighted by atomic mass is 16.5. The van der Waals surface area contributed by atoms with Gasteiger partial charge in [-0.15, -0.1) is 0 Å². The maximum absolute atomic E-state index is 12.7. The van der Waals surface area contributed by atoms with Crippen molar-refractivity contribution in [1.29, 1.82) is 0 Å². The molecule has 4 heteroatoms. The number of hydrogen-bond acceptors (Lipinski definition) is 3. The molecule has 3 rings (SSSR count). The molecule has 0 bridgehead atoms. The maximum atomic E-state index is 12.7. The van der Waals surface area contributed by atoms with Crippen LogP contribution < -0.4 is 0 Å². The van der Waals surface area contributed by atoms with E-state index in [-0.39, 0.29) is 5.78 Å². The summed E-state index contributed by atoms with van der Waals surface area (Å²) in [6.45, 7) is 0. The number of nitrogens with zero attached hydrogens (tertiary/aromatic N) is 1. The summed E-state index contributed by atoms with van der Waals surface area (Å²) in [5.74, 6) is -0.475. The summed E-state index contributed by atoms with van der Waals surface area (Å²) in [6.07, 6.45) is 1.83. The van der Waals surface area contributed by atoms with Gasteiger partial charge >= 0.3 is 5.97 Å². The Labute approximate surface area is 127 Å². The van der Waals surface area contributed by atoms with Gasteiger partial charge in [-0.05, 0) is 18.2 Å². The van der Waals surface area contributed by atoms with Crippen molar-refractivity contribution in [2.45, 2.75) is 0 Å². The zero-order chi connectivity index (χ0) is 15.7. The molecule has 0 aliphatic rings. The van der Waals surface area contributed by atoms with Crippen LogP contribution in [0, 0.1) is 0 Å². The van der Waals surface area contributed by atoms with Gasteiger partial charge in [0, 0.05) is 35.3 Å². The van der Waals surface area contributed by atoms with Crippen LogP contribution in [0.2, 0.25) is 0 Å². The summed E-state index contributed by atoms with van der Waals surface area (Å²) in [5.41, 5.74) is 2.64. The van der Waals surface area contributed by atoms with Crippen LogP contribution in [0.4, 0.5) is 0 Å². The summed E-state index contributed by atoms with van der Waals surface area (Å²) in [7, 11) is 3.25. The summed E-state index contributed by atoms with van der Waals surface area (Å²) in [5, 5.41) is 0.923. The second-order valence-corrected chi connectivity index (χ2v) is 5.07. The van der Waals surface area contributed by atoms with Gasteiger partial charge in [0.1, 0.15) is 0 Å². The number of ether oxygens (including phenoxy) is 1. The molecule has 1 heterocycles. The van der Waals surface area contributed by atoms with Crippen LogP contribution in [0.3, 0.4) is 0 Å². The third-order valence-corrected chi connectivity index (χ3v) is 3.71. The fourth-order valence-corrected chi connectivity index (χ4v) is 2.55. The number of rotatable bonds is 3. The van der Waals surface area contributed by atoms with E-state index in [0.29, 0.717) is 16.7 Å². The molecule has 110 valence electrons. The van der Waals surface area contributed by atoms with Crippen molar-refractivity contribution in [2.24, 2.45) is 7.05 Å². The van der Waals surface area contributed by atoms with Crippen LogP contribution >= 0.6 is 0 Å². The fraction of sp³-hybridized carbons (Fsp3) is 0.111. The van der Waals surface area contributed by atoms with E-state index in [2.05, 4.69) is 4.74 Å². The Balaban J connectivity index is 2.01. The second kappa shape index (κ2) is 5.48. The van der Waals surface area contributed by atoms with Gasteiger partial charge in [-0.2, -0.15) is 0 Å². The number of aromatic nitrogens is 1. The fourth-order valence-electron chi connectivity index (χ4n) is 2.55. The standard InChI is InChI=1S/C18H15NO3/c1-19-11-15(14-5-3-4-6-16(14)19)17(20)12-7-9-13(10-8-12)18(21)22-2/h3-11H,1-2H3. The van der Waals surface area contributed by atoms with Gasteiger partial charge < -0.3 is 9.30 Å². The van der Waals surface area contributed by atoms with E-state index >= 15 is 0 Å². The molecule has 0 atom stereocenters. The minimum Gasteiger partial charge on any atom is -0.465 e. The van der Waals surface area contributed by atoms with Crippen molar-refractivity contribution < 1.29 is 14.3 Å². The number of carbonyl (C=O) groups excluding carboxylic acids is 2. The lowest BCUT2D eigenvalue weighted by molar-refractivity contribution is 0.0600. The maximum Gasteiger partial charge on any atom is 0.337 e. The van der Waals surface area contributed by atoms with Crippen LogP contribution in [-0.4, -0.2) is 23.4 Å². The molecule has 0 saturated heterocycles. The van der Waals surface area contributed by atoms with Crippen LogP contribution in [0.25, 0.3) is 10.9 Å². The average Bonchev–Trinajstić information content (AvgIpc) is 2.91. The van der Waals surface area contributed by atoms with Gasteiger partial charge in [-0.25, -0.2) is 4.79 Å². The third kappa shape index (κ3) is 2.29. The van der Waals surface area contributed by atoms with Gasteiger partial charge in [0.2, 0.25) is 0 Å². The first-order chi connectivity index (χ1) is 10.6. The Bertz CT molecular complexity index is 860. The minimum absolute atomic E-state index is 0.0618. The first kappa shape index (κ1) is 14.1. The Kier molecular flexibility index (Phi) is 3.51. The number of hydrogen-bond donors (Lipinski definition) is 0. The molecule has 4 nitrogen and oxygen atoms in total. The first-order valence-corrected chi connectivity index (χ1v) is 6.89. The van der Waals surface area contributed by atoms with Gasteiger partial charge in [0.05, 0.1) is 12.7 Å². The molecule has 0 amide bonds. The van der Waals surface area contributed by atoms with E-state index in [4.69, 9.17) is 0 Å². The predicted molar refractivity (Wildman–Crippen MR) is 84.1 cm³/mol. The van der Waals surface area contributed by atoms with Crippen LogP contribution in [0.15, 0.2) is 54.7 Å². The number of benzene rings is 2.